The van der Waals surface area contributed by atoms with Crippen LogP contribution in [0.2, 0.25) is 0 Å². The molecule has 6 nitrogen and oxygen atoms in total. The summed E-state index contributed by atoms with van der Waals surface area (Å²) in [5.41, 5.74) is 0. The highest BCUT2D eigenvalue weighted by molar-refractivity contribution is 5.76. The lowest BCUT2D eigenvalue weighted by Crippen LogP contribution is -2.45. The molecule has 0 saturated carbocycles. The second kappa shape index (κ2) is 67.8. The summed E-state index contributed by atoms with van der Waals surface area (Å²) in [6.07, 6.45) is 85.2. The molecule has 0 radical (unpaired) electrons. The molecule has 78 heavy (non-hydrogen) atoms. The van der Waals surface area contributed by atoms with Crippen molar-refractivity contribution in [3.05, 3.63) is 24.3 Å². The molecule has 1 amide bonds. The zero-order chi connectivity index (χ0) is 56.4. The van der Waals surface area contributed by atoms with Crippen LogP contribution in [0.15, 0.2) is 24.3 Å². The molecule has 0 rings (SSSR count). The van der Waals surface area contributed by atoms with Crippen LogP contribution >= 0.6 is 0 Å². The Labute approximate surface area is 488 Å². The molecule has 0 aliphatic rings. The Bertz CT molecular complexity index is 1220. The molecule has 0 aromatic heterocycles. The SMILES string of the molecule is CCCCC/C=C\CCCCCCCC(=O)OCCCCCCCCCCCCCC/C=C\CCCCCCCCCCCCCCCCCC(=O)NC(CO)C(O)CCCCCCCCCCCCCCCCCCCC. The van der Waals surface area contributed by atoms with Crippen molar-refractivity contribution < 1.29 is 24.5 Å². The van der Waals surface area contributed by atoms with Crippen LogP contribution in [0.5, 0.6) is 0 Å². The van der Waals surface area contributed by atoms with Crippen LogP contribution in [0.1, 0.15) is 399 Å². The van der Waals surface area contributed by atoms with E-state index in [0.717, 1.165) is 44.9 Å². The smallest absolute Gasteiger partial charge is 0.305 e. The number of aliphatic hydroxyl groups excluding tert-OH is 2. The number of carbonyl (C=O) groups excluding carboxylic acids is 2. The average Bonchev–Trinajstić information content (AvgIpc) is 3.44. The maximum atomic E-state index is 12.5. The van der Waals surface area contributed by atoms with Crippen LogP contribution in [-0.4, -0.2) is 47.4 Å². The topological polar surface area (TPSA) is 95.9 Å². The van der Waals surface area contributed by atoms with Gasteiger partial charge in [-0.05, 0) is 77.0 Å². The van der Waals surface area contributed by atoms with E-state index in [1.54, 1.807) is 0 Å². The molecule has 0 aliphatic heterocycles. The molecule has 0 aromatic carbocycles. The number of amides is 1. The molecule has 0 bridgehead atoms. The van der Waals surface area contributed by atoms with Crippen LogP contribution in [0.25, 0.3) is 0 Å². The molecule has 3 N–H and O–H groups in total. The third-order valence-electron chi connectivity index (χ3n) is 16.7. The standard InChI is InChI=1S/C72H139NO5/c1-3-5-7-9-11-13-15-17-18-19-35-38-41-44-48-52-56-60-64-70(75)69(68-74)73-71(76)65-61-57-53-49-45-42-39-36-33-31-29-27-25-23-21-20-22-24-26-28-30-32-34-37-40-43-47-51-55-59-63-67-78-72(77)66-62-58-54-50-46-16-14-12-10-8-6-4-2/h12,14,22,24,69-70,74-75H,3-11,13,15-21,23,25-68H2,1-2H3,(H,73,76)/b14-12-,24-22-. The molecular formula is C72H139NO5. The van der Waals surface area contributed by atoms with Crippen molar-refractivity contribution >= 4 is 11.9 Å². The van der Waals surface area contributed by atoms with E-state index >= 15 is 0 Å². The highest BCUT2D eigenvalue weighted by atomic mass is 16.5. The number of unbranched alkanes of at least 4 members (excludes halogenated alkanes) is 52. The Morgan fingerprint density at radius 3 is 0.936 bits per heavy atom. The summed E-state index contributed by atoms with van der Waals surface area (Å²) in [5, 5.41) is 23.4. The second-order valence-electron chi connectivity index (χ2n) is 24.6. The number of hydrogen-bond donors (Lipinski definition) is 3. The van der Waals surface area contributed by atoms with Gasteiger partial charge in [0.2, 0.25) is 5.91 Å². The molecule has 2 unspecified atom stereocenters. The van der Waals surface area contributed by atoms with E-state index in [2.05, 4.69) is 43.5 Å². The molecule has 6 heteroatoms. The van der Waals surface area contributed by atoms with Crippen LogP contribution in [0.3, 0.4) is 0 Å². The lowest BCUT2D eigenvalue weighted by atomic mass is 10.0. The minimum absolute atomic E-state index is 0.00811. The van der Waals surface area contributed by atoms with E-state index in [9.17, 15) is 19.8 Å². The van der Waals surface area contributed by atoms with E-state index in [1.807, 2.05) is 0 Å². The first-order valence-corrected chi connectivity index (χ1v) is 35.6. The van der Waals surface area contributed by atoms with Gasteiger partial charge in [0.25, 0.3) is 0 Å². The monoisotopic (exact) mass is 1100 g/mol. The Balaban J connectivity index is 3.36. The molecule has 0 heterocycles. The predicted molar refractivity (Wildman–Crippen MR) is 343 cm³/mol. The number of esters is 1. The molecule has 0 aromatic rings. The van der Waals surface area contributed by atoms with E-state index in [0.29, 0.717) is 25.9 Å². The van der Waals surface area contributed by atoms with Crippen molar-refractivity contribution in [2.24, 2.45) is 0 Å². The van der Waals surface area contributed by atoms with Gasteiger partial charge in [-0.2, -0.15) is 0 Å². The number of carbonyl (C=O) groups is 2. The van der Waals surface area contributed by atoms with Crippen LogP contribution in [0.4, 0.5) is 0 Å². The lowest BCUT2D eigenvalue weighted by molar-refractivity contribution is -0.143. The largest absolute Gasteiger partial charge is 0.466 e. The van der Waals surface area contributed by atoms with Crippen LogP contribution in [-0.2, 0) is 14.3 Å². The van der Waals surface area contributed by atoms with Gasteiger partial charge in [-0.1, -0.05) is 334 Å². The number of ether oxygens (including phenoxy) is 1. The van der Waals surface area contributed by atoms with Crippen molar-refractivity contribution in [1.29, 1.82) is 0 Å². The lowest BCUT2D eigenvalue weighted by Gasteiger charge is -2.22. The number of aliphatic hydroxyl groups is 2. The predicted octanol–water partition coefficient (Wildman–Crippen LogP) is 22.9. The zero-order valence-corrected chi connectivity index (χ0v) is 52.9. The van der Waals surface area contributed by atoms with Gasteiger partial charge in [0.15, 0.2) is 0 Å². The second-order valence-corrected chi connectivity index (χ2v) is 24.6. The average molecular weight is 1100 g/mol. The van der Waals surface area contributed by atoms with Gasteiger partial charge in [-0.3, -0.25) is 9.59 Å². The van der Waals surface area contributed by atoms with Gasteiger partial charge in [0.1, 0.15) is 0 Å². The van der Waals surface area contributed by atoms with Gasteiger partial charge in [0, 0.05) is 12.8 Å². The summed E-state index contributed by atoms with van der Waals surface area (Å²) >= 11 is 0. The minimum Gasteiger partial charge on any atom is -0.466 e. The summed E-state index contributed by atoms with van der Waals surface area (Å²) in [7, 11) is 0. The van der Waals surface area contributed by atoms with Crippen LogP contribution < -0.4 is 5.32 Å². The first-order valence-electron chi connectivity index (χ1n) is 35.6. The maximum Gasteiger partial charge on any atom is 0.305 e. The quantitative estimate of drug-likeness (QED) is 0.0320. The highest BCUT2D eigenvalue weighted by Crippen LogP contribution is 2.19. The number of hydrogen-bond acceptors (Lipinski definition) is 5. The fourth-order valence-electron chi connectivity index (χ4n) is 11.3. The number of allylic oxidation sites excluding steroid dienone is 4. The summed E-state index contributed by atoms with van der Waals surface area (Å²) in [6, 6.07) is -0.540. The van der Waals surface area contributed by atoms with Crippen molar-refractivity contribution in [2.75, 3.05) is 13.2 Å². The van der Waals surface area contributed by atoms with Gasteiger partial charge >= 0.3 is 5.97 Å². The summed E-state index contributed by atoms with van der Waals surface area (Å²) < 4.78 is 5.47. The molecular weight excluding hydrogens is 959 g/mol. The normalized spacial score (nSPS) is 12.6. The van der Waals surface area contributed by atoms with E-state index < -0.39 is 12.1 Å². The first-order chi connectivity index (χ1) is 38.5. The highest BCUT2D eigenvalue weighted by Gasteiger charge is 2.20. The van der Waals surface area contributed by atoms with E-state index in [-0.39, 0.29) is 18.5 Å². The summed E-state index contributed by atoms with van der Waals surface area (Å²) in [4.78, 5) is 24.6. The van der Waals surface area contributed by atoms with Gasteiger partial charge in [-0.15, -0.1) is 0 Å². The Kier molecular flexibility index (Phi) is 66.4. The molecule has 0 saturated heterocycles. The van der Waals surface area contributed by atoms with Gasteiger partial charge < -0.3 is 20.3 Å². The van der Waals surface area contributed by atoms with E-state index in [4.69, 9.17) is 4.74 Å². The van der Waals surface area contributed by atoms with Gasteiger partial charge in [0.05, 0.1) is 25.4 Å². The fourth-order valence-corrected chi connectivity index (χ4v) is 11.3. The maximum absolute atomic E-state index is 12.5. The number of nitrogens with one attached hydrogen (secondary N) is 1. The first kappa shape index (κ1) is 76.3. The van der Waals surface area contributed by atoms with Crippen LogP contribution in [0, 0.1) is 0 Å². The Morgan fingerprint density at radius 1 is 0.346 bits per heavy atom. The third-order valence-corrected chi connectivity index (χ3v) is 16.7. The Morgan fingerprint density at radius 2 is 0.603 bits per heavy atom. The fraction of sp³-hybridized carbons (Fsp3) is 0.917. The molecule has 2 atom stereocenters. The van der Waals surface area contributed by atoms with Crippen molar-refractivity contribution in [2.45, 2.75) is 411 Å². The summed E-state index contributed by atoms with van der Waals surface area (Å²) in [6.45, 7) is 4.96. The van der Waals surface area contributed by atoms with Crippen molar-refractivity contribution in [3.8, 4) is 0 Å². The van der Waals surface area contributed by atoms with E-state index in [1.165, 1.54) is 321 Å². The van der Waals surface area contributed by atoms with Crippen molar-refractivity contribution in [3.63, 3.8) is 0 Å². The molecule has 462 valence electrons. The Hall–Kier alpha value is -1.66. The molecule has 0 aliphatic carbocycles. The third kappa shape index (κ3) is 63.5. The molecule has 0 fully saturated rings. The van der Waals surface area contributed by atoms with Crippen molar-refractivity contribution in [1.82, 2.24) is 5.32 Å². The summed E-state index contributed by atoms with van der Waals surface area (Å²) in [5.74, 6) is -0.0209. The number of rotatable bonds is 67. The molecule has 0 spiro atoms. The zero-order valence-electron chi connectivity index (χ0n) is 52.9. The minimum atomic E-state index is -0.663. The van der Waals surface area contributed by atoms with Gasteiger partial charge in [-0.25, -0.2) is 0 Å².